The first-order valence-corrected chi connectivity index (χ1v) is 14.4. The van der Waals surface area contributed by atoms with E-state index in [1.165, 1.54) is 0 Å². The number of hydrogen-bond donors (Lipinski definition) is 1. The van der Waals surface area contributed by atoms with Gasteiger partial charge in [-0.2, -0.15) is 5.10 Å². The summed E-state index contributed by atoms with van der Waals surface area (Å²) < 4.78 is 17.9. The summed E-state index contributed by atoms with van der Waals surface area (Å²) in [6.45, 7) is 11.0. The molecule has 0 radical (unpaired) electrons. The van der Waals surface area contributed by atoms with Crippen molar-refractivity contribution >= 4 is 28.4 Å². The highest BCUT2D eigenvalue weighted by molar-refractivity contribution is 6.00. The van der Waals surface area contributed by atoms with Gasteiger partial charge in [-0.15, -0.1) is 0 Å². The third-order valence-electron chi connectivity index (χ3n) is 7.20. The Morgan fingerprint density at radius 1 is 1.07 bits per heavy atom. The van der Waals surface area contributed by atoms with Crippen LogP contribution in [0.3, 0.4) is 0 Å². The molecule has 1 saturated heterocycles. The van der Waals surface area contributed by atoms with Crippen LogP contribution in [-0.2, 0) is 14.2 Å². The third kappa shape index (κ3) is 6.36. The molecule has 41 heavy (non-hydrogen) atoms. The summed E-state index contributed by atoms with van der Waals surface area (Å²) in [5.41, 5.74) is 6.73. The summed E-state index contributed by atoms with van der Waals surface area (Å²) in [6.07, 6.45) is 0.926. The molecular formula is C32H39N5O4. The van der Waals surface area contributed by atoms with Crippen LogP contribution in [0.4, 0.5) is 11.4 Å². The van der Waals surface area contributed by atoms with Gasteiger partial charge >= 0.3 is 5.97 Å². The van der Waals surface area contributed by atoms with Gasteiger partial charge in [0.05, 0.1) is 36.6 Å². The summed E-state index contributed by atoms with van der Waals surface area (Å²) in [7, 11) is 1.71. The third-order valence-corrected chi connectivity index (χ3v) is 7.20. The highest BCUT2D eigenvalue weighted by Gasteiger charge is 2.24. The zero-order valence-electron chi connectivity index (χ0n) is 24.4. The molecule has 216 valence electrons. The van der Waals surface area contributed by atoms with Crippen LogP contribution in [0, 0.1) is 0 Å². The average Bonchev–Trinajstić information content (AvgIpc) is 3.40. The molecule has 0 saturated carbocycles. The molecule has 0 bridgehead atoms. The quantitative estimate of drug-likeness (QED) is 0.186. The van der Waals surface area contributed by atoms with Gasteiger partial charge in [0.2, 0.25) is 0 Å². The van der Waals surface area contributed by atoms with E-state index in [2.05, 4.69) is 60.5 Å². The Labute approximate surface area is 241 Å². The predicted molar refractivity (Wildman–Crippen MR) is 162 cm³/mol. The molecule has 9 nitrogen and oxygen atoms in total. The van der Waals surface area contributed by atoms with Gasteiger partial charge in [0.15, 0.2) is 11.3 Å². The van der Waals surface area contributed by atoms with Crippen LogP contribution in [0.1, 0.15) is 49.3 Å². The Kier molecular flexibility index (Phi) is 9.16. The van der Waals surface area contributed by atoms with Crippen molar-refractivity contribution in [2.75, 3.05) is 63.4 Å². The highest BCUT2D eigenvalue weighted by Crippen LogP contribution is 2.36. The number of carbonyl (C=O) groups is 1. The Bertz CT molecular complexity index is 1480. The van der Waals surface area contributed by atoms with Crippen molar-refractivity contribution in [1.82, 2.24) is 14.8 Å². The number of carbonyl (C=O) groups excluding carboxylic acids is 1. The fourth-order valence-electron chi connectivity index (χ4n) is 5.12. The van der Waals surface area contributed by atoms with Gasteiger partial charge in [-0.05, 0) is 66.8 Å². The number of morpholine rings is 1. The van der Waals surface area contributed by atoms with E-state index in [0.29, 0.717) is 25.5 Å². The molecule has 5 rings (SSSR count). The van der Waals surface area contributed by atoms with Gasteiger partial charge in [0, 0.05) is 44.7 Å². The molecule has 9 heteroatoms. The monoisotopic (exact) mass is 557 g/mol. The molecular weight excluding hydrogens is 518 g/mol. The first-order chi connectivity index (χ1) is 20.0. The van der Waals surface area contributed by atoms with Gasteiger partial charge in [-0.3, -0.25) is 0 Å². The minimum absolute atomic E-state index is 0.136. The van der Waals surface area contributed by atoms with Crippen molar-refractivity contribution < 1.29 is 19.0 Å². The van der Waals surface area contributed by atoms with E-state index in [9.17, 15) is 4.79 Å². The number of benzene rings is 2. The highest BCUT2D eigenvalue weighted by atomic mass is 16.5. The maximum atomic E-state index is 13.0. The van der Waals surface area contributed by atoms with E-state index in [4.69, 9.17) is 24.3 Å². The molecule has 0 amide bonds. The van der Waals surface area contributed by atoms with Crippen molar-refractivity contribution in [2.24, 2.45) is 0 Å². The van der Waals surface area contributed by atoms with E-state index >= 15 is 0 Å². The molecule has 3 heterocycles. The van der Waals surface area contributed by atoms with E-state index in [0.717, 1.165) is 65.3 Å². The van der Waals surface area contributed by atoms with Crippen LogP contribution in [0.2, 0.25) is 0 Å². The maximum Gasteiger partial charge on any atom is 0.357 e. The maximum absolute atomic E-state index is 13.0. The minimum Gasteiger partial charge on any atom is -0.461 e. The standard InChI is InChI=1S/C32H39N5O4/c1-5-41-32(38)28-21-27(23-10-12-24(13-11-23)33-14-7-17-39-4)29-30(22(2)3)35-37(31(29)34-28)26-9-6-8-25(20-26)36-15-18-40-19-16-36/h6,8-13,20-22,33H,5,7,14-19H2,1-4H3. The van der Waals surface area contributed by atoms with Crippen molar-refractivity contribution in [1.29, 1.82) is 0 Å². The van der Waals surface area contributed by atoms with Crippen molar-refractivity contribution in [3.63, 3.8) is 0 Å². The largest absolute Gasteiger partial charge is 0.461 e. The number of pyridine rings is 1. The normalized spacial score (nSPS) is 13.6. The van der Waals surface area contributed by atoms with Crippen molar-refractivity contribution in [2.45, 2.75) is 33.1 Å². The van der Waals surface area contributed by atoms with Crippen LogP contribution < -0.4 is 10.2 Å². The fraction of sp³-hybridized carbons (Fsp3) is 0.406. The number of rotatable bonds is 11. The smallest absolute Gasteiger partial charge is 0.357 e. The molecule has 0 spiro atoms. The molecule has 1 N–H and O–H groups in total. The summed E-state index contributed by atoms with van der Waals surface area (Å²) >= 11 is 0. The predicted octanol–water partition coefficient (Wildman–Crippen LogP) is 5.67. The first-order valence-electron chi connectivity index (χ1n) is 14.4. The number of nitrogens with one attached hydrogen (secondary N) is 1. The molecule has 0 unspecified atom stereocenters. The molecule has 2 aromatic carbocycles. The summed E-state index contributed by atoms with van der Waals surface area (Å²) in [4.78, 5) is 20.2. The molecule has 2 aromatic heterocycles. The molecule has 0 atom stereocenters. The SMILES string of the molecule is CCOC(=O)c1cc(-c2ccc(NCCCOC)cc2)c2c(C(C)C)nn(-c3cccc(N4CCOCC4)c3)c2n1. The van der Waals surface area contributed by atoms with Crippen LogP contribution in [0.25, 0.3) is 27.8 Å². The number of nitrogens with zero attached hydrogens (tertiary/aromatic N) is 4. The Morgan fingerprint density at radius 2 is 1.83 bits per heavy atom. The fourth-order valence-corrected chi connectivity index (χ4v) is 5.12. The van der Waals surface area contributed by atoms with Crippen molar-refractivity contribution in [3.8, 4) is 16.8 Å². The van der Waals surface area contributed by atoms with Gasteiger partial charge in [0.25, 0.3) is 0 Å². The van der Waals surface area contributed by atoms with Crippen LogP contribution >= 0.6 is 0 Å². The van der Waals surface area contributed by atoms with Crippen molar-refractivity contribution in [3.05, 3.63) is 66.0 Å². The second kappa shape index (κ2) is 13.1. The molecule has 4 aromatic rings. The lowest BCUT2D eigenvalue weighted by Gasteiger charge is -2.29. The summed E-state index contributed by atoms with van der Waals surface area (Å²) in [6, 6.07) is 18.4. The number of methoxy groups -OCH3 is 1. The molecule has 1 aliphatic heterocycles. The lowest BCUT2D eigenvalue weighted by atomic mass is 9.97. The van der Waals surface area contributed by atoms with Crippen LogP contribution in [-0.4, -0.2) is 73.9 Å². The summed E-state index contributed by atoms with van der Waals surface area (Å²) in [5, 5.41) is 9.46. The van der Waals surface area contributed by atoms with E-state index in [-0.39, 0.29) is 18.2 Å². The van der Waals surface area contributed by atoms with Crippen LogP contribution in [0.5, 0.6) is 0 Å². The van der Waals surface area contributed by atoms with E-state index < -0.39 is 5.97 Å². The number of anilines is 2. The zero-order chi connectivity index (χ0) is 28.8. The first kappa shape index (κ1) is 28.6. The topological polar surface area (TPSA) is 90.7 Å². The van der Waals surface area contributed by atoms with Gasteiger partial charge < -0.3 is 24.4 Å². The van der Waals surface area contributed by atoms with E-state index in [1.54, 1.807) is 14.0 Å². The lowest BCUT2D eigenvalue weighted by molar-refractivity contribution is 0.0520. The Morgan fingerprint density at radius 3 is 2.54 bits per heavy atom. The van der Waals surface area contributed by atoms with Gasteiger partial charge in [-0.1, -0.05) is 32.0 Å². The Hall–Kier alpha value is -3.95. The molecule has 1 aliphatic rings. The number of ether oxygens (including phenoxy) is 3. The average molecular weight is 558 g/mol. The summed E-state index contributed by atoms with van der Waals surface area (Å²) in [5.74, 6) is -0.315. The zero-order valence-corrected chi connectivity index (χ0v) is 24.4. The Balaban J connectivity index is 1.63. The van der Waals surface area contributed by atoms with Gasteiger partial charge in [-0.25, -0.2) is 14.5 Å². The second-order valence-corrected chi connectivity index (χ2v) is 10.4. The lowest BCUT2D eigenvalue weighted by Crippen LogP contribution is -2.36. The number of hydrogen-bond acceptors (Lipinski definition) is 8. The molecule has 0 aliphatic carbocycles. The number of fused-ring (bicyclic) bond motifs is 1. The second-order valence-electron chi connectivity index (χ2n) is 10.4. The van der Waals surface area contributed by atoms with E-state index in [1.807, 2.05) is 22.9 Å². The number of esters is 1. The van der Waals surface area contributed by atoms with Crippen LogP contribution in [0.15, 0.2) is 54.6 Å². The minimum atomic E-state index is -0.451. The molecule has 1 fully saturated rings. The van der Waals surface area contributed by atoms with Gasteiger partial charge in [0.1, 0.15) is 0 Å². The number of aromatic nitrogens is 3.